The molecular formula is C17H23F3N2O. The molecular weight excluding hydrogens is 305 g/mol. The fourth-order valence-electron chi connectivity index (χ4n) is 3.44. The van der Waals surface area contributed by atoms with E-state index in [1.54, 1.807) is 24.3 Å². The molecule has 2 aliphatic rings. The second-order valence-electron chi connectivity index (χ2n) is 6.44. The van der Waals surface area contributed by atoms with E-state index < -0.39 is 12.2 Å². The van der Waals surface area contributed by atoms with Gasteiger partial charge in [-0.15, -0.1) is 0 Å². The molecule has 0 aliphatic carbocycles. The van der Waals surface area contributed by atoms with Crippen molar-refractivity contribution in [3.05, 3.63) is 35.9 Å². The standard InChI is InChI=1S/C17H23F3N2O/c18-17(19,20)16(9-13-5-2-1-3-6-13)21-10-15-11-22-8-4-7-14(22)12-23-15/h1-3,5-6,14-16,21H,4,7-12H2/t14-,15-,16+/m1/s1. The third kappa shape index (κ3) is 4.46. The SMILES string of the molecule is FC(F)(F)[C@H](Cc1ccccc1)NC[C@@H]1CN2CCC[C@@H]2CO1. The topological polar surface area (TPSA) is 24.5 Å². The van der Waals surface area contributed by atoms with Gasteiger partial charge in [-0.1, -0.05) is 30.3 Å². The number of nitrogens with zero attached hydrogens (tertiary/aromatic N) is 1. The lowest BCUT2D eigenvalue weighted by molar-refractivity contribution is -0.158. The van der Waals surface area contributed by atoms with Crippen LogP contribution in [0.2, 0.25) is 0 Å². The van der Waals surface area contributed by atoms with Crippen molar-refractivity contribution in [3.8, 4) is 0 Å². The first-order chi connectivity index (χ1) is 11.0. The zero-order valence-electron chi connectivity index (χ0n) is 13.1. The van der Waals surface area contributed by atoms with E-state index in [1.807, 2.05) is 6.07 Å². The predicted molar refractivity (Wildman–Crippen MR) is 82.3 cm³/mol. The molecule has 0 unspecified atom stereocenters. The number of fused-ring (bicyclic) bond motifs is 1. The summed E-state index contributed by atoms with van der Waals surface area (Å²) in [6.07, 6.45) is -2.18. The Hall–Kier alpha value is -1.11. The van der Waals surface area contributed by atoms with Crippen LogP contribution in [0.3, 0.4) is 0 Å². The van der Waals surface area contributed by atoms with Crippen LogP contribution in [0.15, 0.2) is 30.3 Å². The van der Waals surface area contributed by atoms with Gasteiger partial charge >= 0.3 is 6.18 Å². The Morgan fingerprint density at radius 3 is 2.78 bits per heavy atom. The van der Waals surface area contributed by atoms with Crippen molar-refractivity contribution >= 4 is 0 Å². The number of nitrogens with one attached hydrogen (secondary N) is 1. The Bertz CT molecular complexity index is 494. The summed E-state index contributed by atoms with van der Waals surface area (Å²) in [4.78, 5) is 2.34. The Balaban J connectivity index is 1.54. The summed E-state index contributed by atoms with van der Waals surface area (Å²) in [7, 11) is 0. The van der Waals surface area contributed by atoms with E-state index in [2.05, 4.69) is 10.2 Å². The van der Waals surface area contributed by atoms with E-state index in [4.69, 9.17) is 4.74 Å². The summed E-state index contributed by atoms with van der Waals surface area (Å²) >= 11 is 0. The second kappa shape index (κ2) is 7.20. The third-order valence-electron chi connectivity index (χ3n) is 4.73. The average molecular weight is 328 g/mol. The Morgan fingerprint density at radius 2 is 2.04 bits per heavy atom. The Morgan fingerprint density at radius 1 is 1.26 bits per heavy atom. The number of alkyl halides is 3. The van der Waals surface area contributed by atoms with Crippen molar-refractivity contribution in [1.29, 1.82) is 0 Å². The van der Waals surface area contributed by atoms with Gasteiger partial charge < -0.3 is 10.1 Å². The molecule has 3 atom stereocenters. The number of benzene rings is 1. The van der Waals surface area contributed by atoms with Crippen molar-refractivity contribution in [2.24, 2.45) is 0 Å². The first-order valence-electron chi connectivity index (χ1n) is 8.22. The lowest BCUT2D eigenvalue weighted by Crippen LogP contribution is -2.53. The van der Waals surface area contributed by atoms with Crippen molar-refractivity contribution < 1.29 is 17.9 Å². The maximum Gasteiger partial charge on any atom is 0.404 e. The molecule has 3 nitrogen and oxygen atoms in total. The fraction of sp³-hybridized carbons (Fsp3) is 0.647. The maximum absolute atomic E-state index is 13.3. The first-order valence-corrected chi connectivity index (χ1v) is 8.22. The highest BCUT2D eigenvalue weighted by atomic mass is 19.4. The first kappa shape index (κ1) is 16.7. The minimum atomic E-state index is -4.26. The summed E-state index contributed by atoms with van der Waals surface area (Å²) < 4.78 is 45.5. The number of hydrogen-bond donors (Lipinski definition) is 1. The average Bonchev–Trinajstić information content (AvgIpc) is 2.99. The molecule has 128 valence electrons. The van der Waals surface area contributed by atoms with Crippen LogP contribution in [-0.4, -0.2) is 55.5 Å². The predicted octanol–water partition coefficient (Wildman–Crippen LogP) is 2.61. The molecule has 2 aliphatic heterocycles. The molecule has 0 radical (unpaired) electrons. The molecule has 2 fully saturated rings. The van der Waals surface area contributed by atoms with Gasteiger partial charge in [0, 0.05) is 19.1 Å². The van der Waals surface area contributed by atoms with Gasteiger partial charge in [-0.05, 0) is 31.4 Å². The maximum atomic E-state index is 13.3. The highest BCUT2D eigenvalue weighted by molar-refractivity contribution is 5.16. The molecule has 2 saturated heterocycles. The second-order valence-corrected chi connectivity index (χ2v) is 6.44. The van der Waals surface area contributed by atoms with Crippen molar-refractivity contribution in [2.45, 2.75) is 43.6 Å². The van der Waals surface area contributed by atoms with Crippen LogP contribution >= 0.6 is 0 Å². The van der Waals surface area contributed by atoms with Crippen molar-refractivity contribution in [3.63, 3.8) is 0 Å². The minimum Gasteiger partial charge on any atom is -0.374 e. The van der Waals surface area contributed by atoms with E-state index in [-0.39, 0.29) is 19.1 Å². The molecule has 2 heterocycles. The number of hydrogen-bond acceptors (Lipinski definition) is 3. The molecule has 1 aromatic carbocycles. The zero-order chi connectivity index (χ0) is 16.3. The van der Waals surface area contributed by atoms with Crippen molar-refractivity contribution in [2.75, 3.05) is 26.2 Å². The highest BCUT2D eigenvalue weighted by Crippen LogP contribution is 2.25. The zero-order valence-corrected chi connectivity index (χ0v) is 13.1. The van der Waals surface area contributed by atoms with E-state index in [0.717, 1.165) is 25.9 Å². The molecule has 1 aromatic rings. The van der Waals surface area contributed by atoms with Crippen LogP contribution in [0.4, 0.5) is 13.2 Å². The van der Waals surface area contributed by atoms with Crippen molar-refractivity contribution in [1.82, 2.24) is 10.2 Å². The lowest BCUT2D eigenvalue weighted by atomic mass is 10.1. The van der Waals surface area contributed by atoms with Gasteiger partial charge in [0.2, 0.25) is 0 Å². The van der Waals surface area contributed by atoms with Crippen LogP contribution in [0.1, 0.15) is 18.4 Å². The summed E-state index contributed by atoms with van der Waals surface area (Å²) in [6, 6.07) is 7.72. The van der Waals surface area contributed by atoms with Gasteiger partial charge in [0.05, 0.1) is 12.7 Å². The summed E-state index contributed by atoms with van der Waals surface area (Å²) in [5, 5.41) is 2.68. The molecule has 0 spiro atoms. The summed E-state index contributed by atoms with van der Waals surface area (Å²) in [5.41, 5.74) is 0.687. The smallest absolute Gasteiger partial charge is 0.374 e. The van der Waals surface area contributed by atoms with Crippen LogP contribution in [0.5, 0.6) is 0 Å². The number of ether oxygens (including phenoxy) is 1. The van der Waals surface area contributed by atoms with Gasteiger partial charge in [0.25, 0.3) is 0 Å². The van der Waals surface area contributed by atoms with Gasteiger partial charge in [-0.3, -0.25) is 4.90 Å². The number of rotatable bonds is 5. The fourth-order valence-corrected chi connectivity index (χ4v) is 3.44. The Kier molecular flexibility index (Phi) is 5.24. The molecule has 0 aromatic heterocycles. The molecule has 0 amide bonds. The molecule has 0 saturated carbocycles. The molecule has 23 heavy (non-hydrogen) atoms. The largest absolute Gasteiger partial charge is 0.404 e. The lowest BCUT2D eigenvalue weighted by Gasteiger charge is -2.36. The normalized spacial score (nSPS) is 26.9. The molecule has 0 bridgehead atoms. The quantitative estimate of drug-likeness (QED) is 0.899. The van der Waals surface area contributed by atoms with Gasteiger partial charge in [0.1, 0.15) is 6.04 Å². The van der Waals surface area contributed by atoms with E-state index in [1.165, 1.54) is 0 Å². The van der Waals surface area contributed by atoms with E-state index in [0.29, 0.717) is 18.2 Å². The molecule has 3 rings (SSSR count). The van der Waals surface area contributed by atoms with Crippen LogP contribution in [0.25, 0.3) is 0 Å². The van der Waals surface area contributed by atoms with E-state index >= 15 is 0 Å². The number of halogens is 3. The Labute approximate surface area is 134 Å². The third-order valence-corrected chi connectivity index (χ3v) is 4.73. The van der Waals surface area contributed by atoms with E-state index in [9.17, 15) is 13.2 Å². The monoisotopic (exact) mass is 328 g/mol. The van der Waals surface area contributed by atoms with Crippen LogP contribution in [-0.2, 0) is 11.2 Å². The minimum absolute atomic E-state index is 0.0522. The van der Waals surface area contributed by atoms with Gasteiger partial charge in [0.15, 0.2) is 0 Å². The summed E-state index contributed by atoms with van der Waals surface area (Å²) in [5.74, 6) is 0. The molecule has 1 N–H and O–H groups in total. The number of morpholine rings is 1. The van der Waals surface area contributed by atoms with Gasteiger partial charge in [-0.2, -0.15) is 13.2 Å². The van der Waals surface area contributed by atoms with Gasteiger partial charge in [-0.25, -0.2) is 0 Å². The van der Waals surface area contributed by atoms with Crippen LogP contribution < -0.4 is 5.32 Å². The molecule has 6 heteroatoms. The highest BCUT2D eigenvalue weighted by Gasteiger charge is 2.40. The van der Waals surface area contributed by atoms with Crippen LogP contribution in [0, 0.1) is 0 Å². The summed E-state index contributed by atoms with van der Waals surface area (Å²) in [6.45, 7) is 2.65.